The lowest BCUT2D eigenvalue weighted by atomic mass is 9.98. The Bertz CT molecular complexity index is 407. The SMILES string of the molecule is CN1CC(N)CCC1c1scc2c1OCCO2. The highest BCUT2D eigenvalue weighted by Gasteiger charge is 2.31. The molecular weight excluding hydrogens is 236 g/mol. The molecule has 1 aromatic rings. The Morgan fingerprint density at radius 1 is 1.35 bits per heavy atom. The highest BCUT2D eigenvalue weighted by atomic mass is 32.1. The first-order valence-electron chi connectivity index (χ1n) is 6.08. The molecule has 2 atom stereocenters. The molecule has 0 radical (unpaired) electrons. The van der Waals surface area contributed by atoms with Crippen molar-refractivity contribution in [2.24, 2.45) is 5.73 Å². The predicted molar refractivity (Wildman–Crippen MR) is 67.9 cm³/mol. The van der Waals surface area contributed by atoms with Crippen LogP contribution in [0.3, 0.4) is 0 Å². The topological polar surface area (TPSA) is 47.7 Å². The maximum absolute atomic E-state index is 5.98. The van der Waals surface area contributed by atoms with E-state index < -0.39 is 0 Å². The molecule has 2 aliphatic heterocycles. The van der Waals surface area contributed by atoms with Crippen molar-refractivity contribution in [3.63, 3.8) is 0 Å². The first kappa shape index (κ1) is 11.3. The Hall–Kier alpha value is -0.780. The second kappa shape index (κ2) is 4.48. The summed E-state index contributed by atoms with van der Waals surface area (Å²) in [6, 6.07) is 0.745. The number of rotatable bonds is 1. The van der Waals surface area contributed by atoms with Gasteiger partial charge in [0.1, 0.15) is 13.2 Å². The number of hydrogen-bond donors (Lipinski definition) is 1. The largest absolute Gasteiger partial charge is 0.485 e. The molecule has 2 unspecified atom stereocenters. The quantitative estimate of drug-likeness (QED) is 0.827. The molecular formula is C12H18N2O2S. The van der Waals surface area contributed by atoms with Gasteiger partial charge in [-0.25, -0.2) is 0 Å². The van der Waals surface area contributed by atoms with Gasteiger partial charge in [0.25, 0.3) is 0 Å². The fourth-order valence-corrected chi connectivity index (χ4v) is 3.76. The van der Waals surface area contributed by atoms with Gasteiger partial charge >= 0.3 is 0 Å². The molecule has 4 nitrogen and oxygen atoms in total. The summed E-state index contributed by atoms with van der Waals surface area (Å²) in [5, 5.41) is 2.06. The van der Waals surface area contributed by atoms with Crippen LogP contribution in [0.1, 0.15) is 23.8 Å². The summed E-state index contributed by atoms with van der Waals surface area (Å²) in [5.74, 6) is 1.88. The van der Waals surface area contributed by atoms with E-state index in [1.165, 1.54) is 4.88 Å². The number of hydrogen-bond acceptors (Lipinski definition) is 5. The standard InChI is InChI=1S/C12H18N2O2S/c1-14-6-8(13)2-3-9(14)12-11-10(7-17-12)15-4-5-16-11/h7-9H,2-6,13H2,1H3. The number of nitrogens with two attached hydrogens (primary N) is 1. The second-order valence-corrected chi connectivity index (χ2v) is 5.69. The summed E-state index contributed by atoms with van der Waals surface area (Å²) < 4.78 is 11.3. The Morgan fingerprint density at radius 2 is 2.18 bits per heavy atom. The van der Waals surface area contributed by atoms with E-state index in [2.05, 4.69) is 17.3 Å². The summed E-state index contributed by atoms with van der Waals surface area (Å²) in [6.07, 6.45) is 2.19. The monoisotopic (exact) mass is 254 g/mol. The van der Waals surface area contributed by atoms with Crippen LogP contribution in [0.15, 0.2) is 5.38 Å². The minimum Gasteiger partial charge on any atom is -0.485 e. The molecule has 1 aromatic heterocycles. The van der Waals surface area contributed by atoms with Crippen LogP contribution in [0.5, 0.6) is 11.5 Å². The molecule has 2 aliphatic rings. The first-order valence-corrected chi connectivity index (χ1v) is 6.96. The molecule has 0 aromatic carbocycles. The molecule has 0 bridgehead atoms. The lowest BCUT2D eigenvalue weighted by Crippen LogP contribution is -2.42. The van der Waals surface area contributed by atoms with Gasteiger partial charge < -0.3 is 15.2 Å². The highest BCUT2D eigenvalue weighted by molar-refractivity contribution is 7.10. The van der Waals surface area contributed by atoms with Crippen molar-refractivity contribution in [3.8, 4) is 11.5 Å². The fourth-order valence-electron chi connectivity index (χ4n) is 2.62. The van der Waals surface area contributed by atoms with E-state index in [1.807, 2.05) is 0 Å². The van der Waals surface area contributed by atoms with E-state index in [0.29, 0.717) is 25.3 Å². The molecule has 3 rings (SSSR count). The van der Waals surface area contributed by atoms with Crippen LogP contribution in [0.25, 0.3) is 0 Å². The number of likely N-dealkylation sites (N-methyl/N-ethyl adjacent to an activating group) is 1. The third-order valence-corrected chi connectivity index (χ3v) is 4.54. The molecule has 2 N–H and O–H groups in total. The van der Waals surface area contributed by atoms with Crippen LogP contribution in [0.4, 0.5) is 0 Å². The van der Waals surface area contributed by atoms with Crippen molar-refractivity contribution in [1.82, 2.24) is 4.90 Å². The van der Waals surface area contributed by atoms with Crippen LogP contribution in [-0.4, -0.2) is 37.7 Å². The number of likely N-dealkylation sites (tertiary alicyclic amines) is 1. The molecule has 0 saturated carbocycles. The maximum atomic E-state index is 5.98. The third-order valence-electron chi connectivity index (χ3n) is 3.50. The van der Waals surface area contributed by atoms with Gasteiger partial charge in [0.05, 0.1) is 4.88 Å². The normalized spacial score (nSPS) is 29.3. The van der Waals surface area contributed by atoms with E-state index in [0.717, 1.165) is 30.9 Å². The summed E-state index contributed by atoms with van der Waals surface area (Å²) in [6.45, 7) is 2.28. The number of piperidine rings is 1. The van der Waals surface area contributed by atoms with Gasteiger partial charge in [0, 0.05) is 24.0 Å². The van der Waals surface area contributed by atoms with Crippen LogP contribution in [0.2, 0.25) is 0 Å². The fraction of sp³-hybridized carbons (Fsp3) is 0.667. The first-order chi connectivity index (χ1) is 8.25. The van der Waals surface area contributed by atoms with Crippen LogP contribution in [-0.2, 0) is 0 Å². The van der Waals surface area contributed by atoms with E-state index in [1.54, 1.807) is 11.3 Å². The van der Waals surface area contributed by atoms with Crippen molar-refractivity contribution < 1.29 is 9.47 Å². The van der Waals surface area contributed by atoms with Crippen LogP contribution >= 0.6 is 11.3 Å². The molecule has 1 fully saturated rings. The average Bonchev–Trinajstić information content (AvgIpc) is 2.73. The molecule has 0 amide bonds. The molecule has 5 heteroatoms. The zero-order valence-electron chi connectivity index (χ0n) is 10.0. The highest BCUT2D eigenvalue weighted by Crippen LogP contribution is 2.46. The maximum Gasteiger partial charge on any atom is 0.176 e. The van der Waals surface area contributed by atoms with Gasteiger partial charge in [-0.15, -0.1) is 11.3 Å². The average molecular weight is 254 g/mol. The van der Waals surface area contributed by atoms with E-state index in [9.17, 15) is 0 Å². The predicted octanol–water partition coefficient (Wildman–Crippen LogP) is 1.61. The Balaban J connectivity index is 1.86. The Labute approximate surface area is 105 Å². The molecule has 1 saturated heterocycles. The molecule has 0 spiro atoms. The van der Waals surface area contributed by atoms with Gasteiger partial charge in [0.15, 0.2) is 11.5 Å². The van der Waals surface area contributed by atoms with E-state index in [4.69, 9.17) is 15.2 Å². The van der Waals surface area contributed by atoms with Gasteiger partial charge in [-0.2, -0.15) is 0 Å². The lowest BCUT2D eigenvalue weighted by Gasteiger charge is -2.35. The Kier molecular flexibility index (Phi) is 2.98. The number of ether oxygens (including phenoxy) is 2. The molecule has 17 heavy (non-hydrogen) atoms. The smallest absolute Gasteiger partial charge is 0.176 e. The second-order valence-electron chi connectivity index (χ2n) is 4.78. The van der Waals surface area contributed by atoms with Gasteiger partial charge in [-0.05, 0) is 19.9 Å². The van der Waals surface area contributed by atoms with Crippen molar-refractivity contribution in [2.75, 3.05) is 26.8 Å². The van der Waals surface area contributed by atoms with E-state index in [-0.39, 0.29) is 0 Å². The Morgan fingerprint density at radius 3 is 3.00 bits per heavy atom. The number of fused-ring (bicyclic) bond motifs is 1. The third kappa shape index (κ3) is 2.03. The minimum absolute atomic E-state index is 0.309. The zero-order chi connectivity index (χ0) is 11.8. The summed E-state index contributed by atoms with van der Waals surface area (Å²) in [4.78, 5) is 3.63. The lowest BCUT2D eigenvalue weighted by molar-refractivity contribution is 0.150. The van der Waals surface area contributed by atoms with Crippen LogP contribution < -0.4 is 15.2 Å². The van der Waals surface area contributed by atoms with Crippen molar-refractivity contribution >= 4 is 11.3 Å². The van der Waals surface area contributed by atoms with Crippen molar-refractivity contribution in [2.45, 2.75) is 24.9 Å². The van der Waals surface area contributed by atoms with Gasteiger partial charge in [-0.3, -0.25) is 4.90 Å². The number of nitrogens with zero attached hydrogens (tertiary/aromatic N) is 1. The van der Waals surface area contributed by atoms with Crippen LogP contribution in [0, 0.1) is 0 Å². The van der Waals surface area contributed by atoms with Gasteiger partial charge in [0.2, 0.25) is 0 Å². The number of thiophene rings is 1. The summed E-state index contributed by atoms with van der Waals surface area (Å²) in [5.41, 5.74) is 5.98. The molecule has 0 aliphatic carbocycles. The summed E-state index contributed by atoms with van der Waals surface area (Å²) in [7, 11) is 2.14. The molecule has 3 heterocycles. The van der Waals surface area contributed by atoms with Crippen molar-refractivity contribution in [1.29, 1.82) is 0 Å². The zero-order valence-corrected chi connectivity index (χ0v) is 10.8. The van der Waals surface area contributed by atoms with E-state index >= 15 is 0 Å². The minimum atomic E-state index is 0.309. The molecule has 94 valence electrons. The summed E-state index contributed by atoms with van der Waals surface area (Å²) >= 11 is 1.74. The van der Waals surface area contributed by atoms with Gasteiger partial charge in [-0.1, -0.05) is 0 Å². The van der Waals surface area contributed by atoms with Crippen molar-refractivity contribution in [3.05, 3.63) is 10.3 Å².